The Hall–Kier alpha value is -2.87. The van der Waals surface area contributed by atoms with Crippen LogP contribution < -0.4 is 10.2 Å². The van der Waals surface area contributed by atoms with Gasteiger partial charge in [-0.1, -0.05) is 0 Å². The van der Waals surface area contributed by atoms with E-state index < -0.39 is 0 Å². The van der Waals surface area contributed by atoms with Gasteiger partial charge in [0.25, 0.3) is 5.91 Å². The maximum atomic E-state index is 12.3. The topological polar surface area (TPSA) is 83.9 Å². The molecule has 26 heavy (non-hydrogen) atoms. The first-order valence-corrected chi connectivity index (χ1v) is 9.37. The second-order valence-corrected chi connectivity index (χ2v) is 6.87. The van der Waals surface area contributed by atoms with Crippen LogP contribution in [-0.4, -0.2) is 38.9 Å². The Morgan fingerprint density at radius 1 is 1.15 bits per heavy atom. The Morgan fingerprint density at radius 3 is 2.62 bits per heavy atom. The zero-order valence-corrected chi connectivity index (χ0v) is 14.9. The predicted octanol–water partition coefficient (Wildman–Crippen LogP) is 2.53. The first-order valence-electron chi connectivity index (χ1n) is 8.49. The number of pyridine rings is 1. The van der Waals surface area contributed by atoms with Crippen molar-refractivity contribution in [2.24, 2.45) is 0 Å². The van der Waals surface area contributed by atoms with E-state index in [9.17, 15) is 4.79 Å². The predicted molar refractivity (Wildman–Crippen MR) is 100.0 cm³/mol. The summed E-state index contributed by atoms with van der Waals surface area (Å²) in [7, 11) is 0. The van der Waals surface area contributed by atoms with Gasteiger partial charge < -0.3 is 10.2 Å². The number of hydrogen-bond donors (Lipinski definition) is 1. The molecule has 0 radical (unpaired) electrons. The Balaban J connectivity index is 1.36. The summed E-state index contributed by atoms with van der Waals surface area (Å²) in [4.78, 5) is 31.7. The quantitative estimate of drug-likeness (QED) is 0.747. The lowest BCUT2D eigenvalue weighted by atomic mass is 10.2. The van der Waals surface area contributed by atoms with E-state index in [0.29, 0.717) is 17.9 Å². The van der Waals surface area contributed by atoms with Gasteiger partial charge in [0.1, 0.15) is 0 Å². The number of nitrogens with one attached hydrogen (secondary N) is 1. The minimum Gasteiger partial charge on any atom is -0.348 e. The normalized spacial score (nSPS) is 13.8. The summed E-state index contributed by atoms with van der Waals surface area (Å²) < 4.78 is 0. The third kappa shape index (κ3) is 3.70. The first kappa shape index (κ1) is 16.6. The highest BCUT2D eigenvalue weighted by Gasteiger charge is 2.16. The second-order valence-electron chi connectivity index (χ2n) is 6.03. The van der Waals surface area contributed by atoms with Crippen molar-refractivity contribution in [3.63, 3.8) is 0 Å². The largest absolute Gasteiger partial charge is 0.348 e. The monoisotopic (exact) mass is 366 g/mol. The van der Waals surface area contributed by atoms with E-state index in [-0.39, 0.29) is 5.91 Å². The fraction of sp³-hybridized carbons (Fsp3) is 0.278. The van der Waals surface area contributed by atoms with Crippen LogP contribution in [0.3, 0.4) is 0 Å². The third-order valence-corrected chi connectivity index (χ3v) is 5.15. The molecule has 4 heterocycles. The average Bonchev–Trinajstić information content (AvgIpc) is 3.38. The lowest BCUT2D eigenvalue weighted by Crippen LogP contribution is -2.23. The zero-order valence-electron chi connectivity index (χ0n) is 14.1. The van der Waals surface area contributed by atoms with Gasteiger partial charge in [-0.2, -0.15) is 0 Å². The molecule has 0 bridgehead atoms. The van der Waals surface area contributed by atoms with E-state index in [1.165, 1.54) is 25.2 Å². The molecule has 0 aromatic carbocycles. The summed E-state index contributed by atoms with van der Waals surface area (Å²) in [6.07, 6.45) is 8.89. The van der Waals surface area contributed by atoms with E-state index in [1.807, 2.05) is 17.5 Å². The van der Waals surface area contributed by atoms with Crippen molar-refractivity contribution in [2.75, 3.05) is 18.0 Å². The molecule has 0 saturated carbocycles. The molecule has 132 valence electrons. The van der Waals surface area contributed by atoms with Gasteiger partial charge in [0.2, 0.25) is 0 Å². The van der Waals surface area contributed by atoms with E-state index in [0.717, 1.165) is 29.5 Å². The number of amides is 1. The lowest BCUT2D eigenvalue weighted by molar-refractivity contribution is 0.0949. The number of hydrogen-bond acceptors (Lipinski definition) is 7. The molecule has 7 nitrogen and oxygen atoms in total. The minimum atomic E-state index is -0.206. The van der Waals surface area contributed by atoms with Gasteiger partial charge >= 0.3 is 0 Å². The SMILES string of the molecule is O=C(NCc1csc(N2CCCC2)n1)c1cnc(-c2ccncc2)nc1. The standard InChI is InChI=1S/C18H18N6OS/c25-17(14-9-20-16(21-10-14)13-3-5-19-6-4-13)22-11-15-12-26-18(23-15)24-7-1-2-8-24/h3-6,9-10,12H,1-2,7-8,11H2,(H,22,25). The molecular weight excluding hydrogens is 348 g/mol. The maximum Gasteiger partial charge on any atom is 0.254 e. The summed E-state index contributed by atoms with van der Waals surface area (Å²) in [6, 6.07) is 3.66. The number of nitrogens with zero attached hydrogens (tertiary/aromatic N) is 5. The zero-order chi connectivity index (χ0) is 17.8. The highest BCUT2D eigenvalue weighted by Crippen LogP contribution is 2.24. The van der Waals surface area contributed by atoms with Gasteiger partial charge in [0.05, 0.1) is 17.8 Å². The summed E-state index contributed by atoms with van der Waals surface area (Å²) in [5.74, 6) is 0.362. The lowest BCUT2D eigenvalue weighted by Gasteiger charge is -2.12. The molecule has 1 aliphatic rings. The van der Waals surface area contributed by atoms with Crippen LogP contribution in [0.4, 0.5) is 5.13 Å². The molecule has 0 unspecified atom stereocenters. The van der Waals surface area contributed by atoms with Gasteiger partial charge in [-0.15, -0.1) is 11.3 Å². The summed E-state index contributed by atoms with van der Waals surface area (Å²) in [5.41, 5.74) is 2.17. The van der Waals surface area contributed by atoms with Gasteiger partial charge in [-0.05, 0) is 25.0 Å². The van der Waals surface area contributed by atoms with Crippen molar-refractivity contribution in [2.45, 2.75) is 19.4 Å². The second kappa shape index (κ2) is 7.57. The number of carbonyl (C=O) groups is 1. The van der Waals surface area contributed by atoms with Gasteiger partial charge in [-0.3, -0.25) is 9.78 Å². The molecule has 4 rings (SSSR count). The van der Waals surface area contributed by atoms with Gasteiger partial charge in [0.15, 0.2) is 11.0 Å². The molecule has 0 aliphatic carbocycles. The van der Waals surface area contributed by atoms with Crippen LogP contribution in [0.5, 0.6) is 0 Å². The molecule has 0 atom stereocenters. The van der Waals surface area contributed by atoms with E-state index in [1.54, 1.807) is 23.7 Å². The van der Waals surface area contributed by atoms with Gasteiger partial charge in [-0.25, -0.2) is 15.0 Å². The fourth-order valence-corrected chi connectivity index (χ4v) is 3.68. The average molecular weight is 366 g/mol. The molecule has 3 aromatic heterocycles. The number of carbonyl (C=O) groups excluding carboxylic acids is 1. The summed E-state index contributed by atoms with van der Waals surface area (Å²) in [5, 5.41) is 5.91. The number of rotatable bonds is 5. The van der Waals surface area contributed by atoms with E-state index >= 15 is 0 Å². The molecule has 1 saturated heterocycles. The van der Waals surface area contributed by atoms with Crippen molar-refractivity contribution >= 4 is 22.4 Å². The fourth-order valence-electron chi connectivity index (χ4n) is 2.80. The molecule has 3 aromatic rings. The van der Waals surface area contributed by atoms with Crippen LogP contribution in [0.15, 0.2) is 42.3 Å². The first-order chi connectivity index (χ1) is 12.8. The number of anilines is 1. The van der Waals surface area contributed by atoms with Crippen molar-refractivity contribution < 1.29 is 4.79 Å². The summed E-state index contributed by atoms with van der Waals surface area (Å²) >= 11 is 1.63. The minimum absolute atomic E-state index is 0.206. The van der Waals surface area contributed by atoms with Crippen molar-refractivity contribution in [1.29, 1.82) is 0 Å². The van der Waals surface area contributed by atoms with Crippen LogP contribution in [0.1, 0.15) is 28.9 Å². The molecule has 1 N–H and O–H groups in total. The summed E-state index contributed by atoms with van der Waals surface area (Å²) in [6.45, 7) is 2.54. The molecule has 0 spiro atoms. The third-order valence-electron chi connectivity index (χ3n) is 4.20. The Labute approximate surface area is 155 Å². The number of aromatic nitrogens is 4. The molecule has 1 aliphatic heterocycles. The Kier molecular flexibility index (Phi) is 4.83. The molecule has 8 heteroatoms. The molecule has 1 fully saturated rings. The van der Waals surface area contributed by atoms with Gasteiger partial charge in [0, 0.05) is 48.8 Å². The van der Waals surface area contributed by atoms with E-state index in [4.69, 9.17) is 0 Å². The maximum absolute atomic E-state index is 12.3. The van der Waals surface area contributed by atoms with E-state index in [2.05, 4.69) is 30.2 Å². The van der Waals surface area contributed by atoms with Crippen molar-refractivity contribution in [3.05, 3.63) is 53.6 Å². The smallest absolute Gasteiger partial charge is 0.254 e. The number of thiazole rings is 1. The Bertz CT molecular complexity index is 874. The highest BCUT2D eigenvalue weighted by atomic mass is 32.1. The molecule has 1 amide bonds. The highest BCUT2D eigenvalue weighted by molar-refractivity contribution is 7.13. The Morgan fingerprint density at radius 2 is 1.88 bits per heavy atom. The van der Waals surface area contributed by atoms with Crippen LogP contribution in [-0.2, 0) is 6.54 Å². The van der Waals surface area contributed by atoms with Crippen molar-refractivity contribution in [1.82, 2.24) is 25.3 Å². The van der Waals surface area contributed by atoms with Crippen LogP contribution in [0.25, 0.3) is 11.4 Å². The molecular formula is C18H18N6OS. The van der Waals surface area contributed by atoms with Crippen molar-refractivity contribution in [3.8, 4) is 11.4 Å². The van der Waals surface area contributed by atoms with Crippen LogP contribution >= 0.6 is 11.3 Å². The van der Waals surface area contributed by atoms with Crippen LogP contribution in [0.2, 0.25) is 0 Å². The van der Waals surface area contributed by atoms with Crippen LogP contribution in [0, 0.1) is 0 Å².